The van der Waals surface area contributed by atoms with E-state index < -0.39 is 0 Å². The molecule has 14 heavy (non-hydrogen) atoms. The summed E-state index contributed by atoms with van der Waals surface area (Å²) < 4.78 is 4.61. The van der Waals surface area contributed by atoms with Crippen LogP contribution in [0.5, 0.6) is 0 Å². The number of hydrogen-bond donors (Lipinski definition) is 1. The minimum absolute atomic E-state index is 0.276. The highest BCUT2D eigenvalue weighted by atomic mass is 16.5. The van der Waals surface area contributed by atoms with E-state index in [4.69, 9.17) is 0 Å². The van der Waals surface area contributed by atoms with Gasteiger partial charge in [-0.05, 0) is 43.9 Å². The second-order valence-electron chi connectivity index (χ2n) is 4.76. The molecule has 0 aromatic heterocycles. The Morgan fingerprint density at radius 3 is 2.71 bits per heavy atom. The van der Waals surface area contributed by atoms with Crippen LogP contribution in [0, 0.1) is 17.8 Å². The molecule has 2 aliphatic carbocycles. The van der Waals surface area contributed by atoms with E-state index in [1.165, 1.54) is 32.8 Å². The highest BCUT2D eigenvalue weighted by Gasteiger charge is 2.42. The van der Waals surface area contributed by atoms with Crippen molar-refractivity contribution in [3.8, 4) is 0 Å². The van der Waals surface area contributed by atoms with Crippen molar-refractivity contribution in [1.82, 2.24) is 5.32 Å². The minimum Gasteiger partial charge on any atom is -0.453 e. The fraction of sp³-hybridized carbons (Fsp3) is 0.909. The van der Waals surface area contributed by atoms with Gasteiger partial charge in [-0.15, -0.1) is 0 Å². The van der Waals surface area contributed by atoms with E-state index in [1.807, 2.05) is 0 Å². The Labute approximate surface area is 85.2 Å². The lowest BCUT2D eigenvalue weighted by atomic mass is 9.84. The smallest absolute Gasteiger partial charge is 0.407 e. The summed E-state index contributed by atoms with van der Waals surface area (Å²) in [4.78, 5) is 11.1. The molecule has 3 heteroatoms. The van der Waals surface area contributed by atoms with Gasteiger partial charge in [-0.25, -0.2) is 4.79 Å². The van der Waals surface area contributed by atoms with Crippen LogP contribution in [0.15, 0.2) is 0 Å². The Balaban J connectivity index is 1.86. The minimum atomic E-state index is -0.291. The Kier molecular flexibility index (Phi) is 2.66. The summed E-state index contributed by atoms with van der Waals surface area (Å²) in [6.45, 7) is 2.10. The average Bonchev–Trinajstić information content (AvgIpc) is 2.78. The van der Waals surface area contributed by atoms with Crippen molar-refractivity contribution < 1.29 is 9.53 Å². The molecule has 2 rings (SSSR count). The van der Waals surface area contributed by atoms with E-state index in [2.05, 4.69) is 17.0 Å². The van der Waals surface area contributed by atoms with Crippen molar-refractivity contribution in [2.24, 2.45) is 17.8 Å². The topological polar surface area (TPSA) is 38.3 Å². The van der Waals surface area contributed by atoms with Gasteiger partial charge in [0.25, 0.3) is 0 Å². The number of carbonyl (C=O) groups excluding carboxylic acids is 1. The van der Waals surface area contributed by atoms with E-state index in [1.54, 1.807) is 0 Å². The third-order valence-corrected chi connectivity index (χ3v) is 3.97. The molecule has 0 aliphatic heterocycles. The van der Waals surface area contributed by atoms with E-state index >= 15 is 0 Å². The Morgan fingerprint density at radius 1 is 1.43 bits per heavy atom. The van der Waals surface area contributed by atoms with Crippen LogP contribution in [0.25, 0.3) is 0 Å². The molecular weight excluding hydrogens is 178 g/mol. The van der Waals surface area contributed by atoms with Crippen molar-refractivity contribution >= 4 is 6.09 Å². The van der Waals surface area contributed by atoms with E-state index in [9.17, 15) is 4.79 Å². The van der Waals surface area contributed by atoms with Gasteiger partial charge < -0.3 is 10.1 Å². The number of rotatable bonds is 2. The summed E-state index contributed by atoms with van der Waals surface area (Å²) >= 11 is 0. The molecular formula is C11H19NO2. The van der Waals surface area contributed by atoms with Gasteiger partial charge in [0.1, 0.15) is 0 Å². The number of fused-ring (bicyclic) bond motifs is 2. The maximum absolute atomic E-state index is 11.1. The van der Waals surface area contributed by atoms with Crippen LogP contribution >= 0.6 is 0 Å². The lowest BCUT2D eigenvalue weighted by molar-refractivity contribution is 0.157. The molecule has 0 aromatic rings. The molecule has 0 spiro atoms. The average molecular weight is 197 g/mol. The Bertz CT molecular complexity index is 229. The second kappa shape index (κ2) is 3.79. The van der Waals surface area contributed by atoms with Gasteiger partial charge in [0, 0.05) is 6.04 Å². The van der Waals surface area contributed by atoms with E-state index in [0.29, 0.717) is 5.92 Å². The Hall–Kier alpha value is -0.730. The van der Waals surface area contributed by atoms with Gasteiger partial charge in [-0.2, -0.15) is 0 Å². The van der Waals surface area contributed by atoms with Crippen LogP contribution < -0.4 is 5.32 Å². The summed E-state index contributed by atoms with van der Waals surface area (Å²) in [6.07, 6.45) is 5.17. The summed E-state index contributed by atoms with van der Waals surface area (Å²) in [5.74, 6) is 2.48. The zero-order valence-electron chi connectivity index (χ0n) is 8.95. The number of nitrogens with one attached hydrogen (secondary N) is 1. The summed E-state index contributed by atoms with van der Waals surface area (Å²) in [7, 11) is 1.42. The van der Waals surface area contributed by atoms with Crippen molar-refractivity contribution in [3.05, 3.63) is 0 Å². The van der Waals surface area contributed by atoms with Gasteiger partial charge in [-0.3, -0.25) is 0 Å². The lowest BCUT2D eigenvalue weighted by Gasteiger charge is -2.27. The molecule has 2 fully saturated rings. The number of ether oxygens (including phenoxy) is 1. The first-order valence-electron chi connectivity index (χ1n) is 5.55. The van der Waals surface area contributed by atoms with Crippen LogP contribution in [0.3, 0.4) is 0 Å². The fourth-order valence-corrected chi connectivity index (χ4v) is 3.26. The number of alkyl carbamates (subject to hydrolysis) is 1. The van der Waals surface area contributed by atoms with Crippen LogP contribution in [-0.2, 0) is 4.74 Å². The number of carbonyl (C=O) groups is 1. The highest BCUT2D eigenvalue weighted by Crippen LogP contribution is 2.49. The van der Waals surface area contributed by atoms with Crippen molar-refractivity contribution in [2.75, 3.05) is 7.11 Å². The van der Waals surface area contributed by atoms with E-state index in [-0.39, 0.29) is 12.1 Å². The fourth-order valence-electron chi connectivity index (χ4n) is 3.26. The molecule has 2 bridgehead atoms. The number of hydrogen-bond acceptors (Lipinski definition) is 2. The maximum Gasteiger partial charge on any atom is 0.407 e. The van der Waals surface area contributed by atoms with Gasteiger partial charge in [0.05, 0.1) is 7.11 Å². The van der Waals surface area contributed by atoms with Crippen molar-refractivity contribution in [2.45, 2.75) is 38.6 Å². The van der Waals surface area contributed by atoms with Crippen LogP contribution in [0.1, 0.15) is 32.6 Å². The van der Waals surface area contributed by atoms with Gasteiger partial charge in [0.2, 0.25) is 0 Å². The van der Waals surface area contributed by atoms with Crippen molar-refractivity contribution in [3.63, 3.8) is 0 Å². The Morgan fingerprint density at radius 2 is 2.21 bits per heavy atom. The predicted octanol–water partition coefficient (Wildman–Crippen LogP) is 2.17. The molecule has 0 unspecified atom stereocenters. The third kappa shape index (κ3) is 1.72. The molecule has 2 saturated carbocycles. The van der Waals surface area contributed by atoms with Crippen molar-refractivity contribution in [1.29, 1.82) is 0 Å². The van der Waals surface area contributed by atoms with Gasteiger partial charge >= 0.3 is 6.09 Å². The first-order chi connectivity index (χ1) is 6.70. The largest absolute Gasteiger partial charge is 0.453 e. The summed E-state index contributed by atoms with van der Waals surface area (Å²) in [5, 5.41) is 2.90. The molecule has 1 N–H and O–H groups in total. The summed E-state index contributed by atoms with van der Waals surface area (Å²) in [6, 6.07) is 0.276. The highest BCUT2D eigenvalue weighted by molar-refractivity contribution is 5.67. The predicted molar refractivity (Wildman–Crippen MR) is 53.9 cm³/mol. The van der Waals surface area contributed by atoms with E-state index in [0.717, 1.165) is 11.8 Å². The number of amides is 1. The third-order valence-electron chi connectivity index (χ3n) is 3.97. The number of methoxy groups -OCH3 is 1. The molecule has 4 atom stereocenters. The normalized spacial score (nSPS) is 36.9. The molecule has 1 amide bonds. The van der Waals surface area contributed by atoms with Crippen LogP contribution in [-0.4, -0.2) is 19.2 Å². The van der Waals surface area contributed by atoms with Crippen LogP contribution in [0.2, 0.25) is 0 Å². The first kappa shape index (κ1) is 9.81. The molecule has 0 radical (unpaired) electrons. The van der Waals surface area contributed by atoms with Crippen LogP contribution in [0.4, 0.5) is 4.79 Å². The molecule has 2 aliphatic rings. The monoisotopic (exact) mass is 197 g/mol. The quantitative estimate of drug-likeness (QED) is 0.736. The molecule has 80 valence electrons. The lowest BCUT2D eigenvalue weighted by Crippen LogP contribution is -2.39. The molecule has 0 heterocycles. The maximum atomic E-state index is 11.1. The standard InChI is InChI=1S/C11H19NO2/c1-7(12-11(13)14-2)10-6-8-3-4-9(10)5-8/h7-10H,3-6H2,1-2H3,(H,12,13)/t7-,8-,9-,10-/m0/s1. The molecule has 0 aromatic carbocycles. The second-order valence-corrected chi connectivity index (χ2v) is 4.76. The first-order valence-corrected chi connectivity index (χ1v) is 5.55. The zero-order valence-corrected chi connectivity index (χ0v) is 8.95. The SMILES string of the molecule is COC(=O)N[C@@H](C)[C@@H]1C[C@H]2CC[C@H]1C2. The van der Waals surface area contributed by atoms with Gasteiger partial charge in [0.15, 0.2) is 0 Å². The zero-order chi connectivity index (χ0) is 10.1. The molecule has 0 saturated heterocycles. The summed E-state index contributed by atoms with van der Waals surface area (Å²) in [5.41, 5.74) is 0. The molecule has 3 nitrogen and oxygen atoms in total. The van der Waals surface area contributed by atoms with Gasteiger partial charge in [-0.1, -0.05) is 6.42 Å².